The van der Waals surface area contributed by atoms with Crippen molar-refractivity contribution in [3.63, 3.8) is 0 Å². The summed E-state index contributed by atoms with van der Waals surface area (Å²) in [4.78, 5) is 11.8. The van der Waals surface area contributed by atoms with Crippen LogP contribution in [0.3, 0.4) is 0 Å². The Morgan fingerprint density at radius 3 is 2.37 bits per heavy atom. The lowest BCUT2D eigenvalue weighted by molar-refractivity contribution is 0.241. The smallest absolute Gasteiger partial charge is 0.326 e. The van der Waals surface area contributed by atoms with E-state index in [9.17, 15) is 22.0 Å². The zero-order valence-electron chi connectivity index (χ0n) is 14.4. The van der Waals surface area contributed by atoms with Crippen LogP contribution in [0.15, 0.2) is 42.5 Å². The zero-order valence-corrected chi connectivity index (χ0v) is 15.3. The van der Waals surface area contributed by atoms with Gasteiger partial charge in [0.1, 0.15) is 11.6 Å². The lowest BCUT2D eigenvalue weighted by Crippen LogP contribution is -2.43. The van der Waals surface area contributed by atoms with E-state index in [0.29, 0.717) is 5.69 Å². The molecule has 1 aliphatic heterocycles. The van der Waals surface area contributed by atoms with Crippen molar-refractivity contribution >= 4 is 27.6 Å². The Kier molecular flexibility index (Phi) is 5.17. The predicted octanol–water partition coefficient (Wildman–Crippen LogP) is 1.97. The normalized spacial score (nSPS) is 14.8. The average molecular weight is 396 g/mol. The first-order valence-corrected chi connectivity index (χ1v) is 9.51. The lowest BCUT2D eigenvalue weighted by Gasteiger charge is -2.19. The van der Waals surface area contributed by atoms with Crippen LogP contribution in [0.5, 0.6) is 0 Å². The number of urea groups is 1. The van der Waals surface area contributed by atoms with Crippen LogP contribution in [-0.2, 0) is 16.8 Å². The first-order chi connectivity index (χ1) is 12.8. The molecule has 2 aromatic rings. The van der Waals surface area contributed by atoms with Gasteiger partial charge in [0.05, 0.1) is 17.9 Å². The second-order valence-electron chi connectivity index (χ2n) is 5.92. The van der Waals surface area contributed by atoms with E-state index in [1.807, 2.05) is 0 Å². The molecule has 0 spiro atoms. The molecule has 27 heavy (non-hydrogen) atoms. The van der Waals surface area contributed by atoms with Gasteiger partial charge in [0.25, 0.3) is 0 Å². The van der Waals surface area contributed by atoms with E-state index in [1.54, 1.807) is 12.1 Å². The van der Waals surface area contributed by atoms with Crippen molar-refractivity contribution in [2.45, 2.75) is 6.54 Å². The summed E-state index contributed by atoms with van der Waals surface area (Å²) >= 11 is 0. The molecule has 0 aromatic heterocycles. The molecule has 0 atom stereocenters. The van der Waals surface area contributed by atoms with E-state index in [0.717, 1.165) is 20.2 Å². The van der Waals surface area contributed by atoms with Gasteiger partial charge in [-0.25, -0.2) is 17.9 Å². The highest BCUT2D eigenvalue weighted by Crippen LogP contribution is 2.39. The van der Waals surface area contributed by atoms with Crippen LogP contribution in [0.4, 0.5) is 25.0 Å². The van der Waals surface area contributed by atoms with Crippen LogP contribution in [0.1, 0.15) is 5.56 Å². The molecule has 0 aliphatic carbocycles. The molecular weight excluding hydrogens is 378 g/mol. The first-order valence-electron chi connectivity index (χ1n) is 8.11. The van der Waals surface area contributed by atoms with Crippen molar-refractivity contribution in [3.05, 3.63) is 59.7 Å². The summed E-state index contributed by atoms with van der Waals surface area (Å²) in [5.41, 5.74) is 1.32. The summed E-state index contributed by atoms with van der Waals surface area (Å²) in [6.07, 6.45) is 0. The fourth-order valence-corrected chi connectivity index (χ4v) is 4.13. The Hall–Kier alpha value is -2.88. The van der Waals surface area contributed by atoms with Crippen LogP contribution >= 0.6 is 0 Å². The van der Waals surface area contributed by atoms with Gasteiger partial charge in [0, 0.05) is 26.2 Å². The van der Waals surface area contributed by atoms with Crippen molar-refractivity contribution in [1.82, 2.24) is 10.6 Å². The summed E-state index contributed by atoms with van der Waals surface area (Å²) in [7, 11) is -2.42. The molecule has 1 aliphatic rings. The van der Waals surface area contributed by atoms with Crippen LogP contribution in [0, 0.1) is 11.6 Å². The van der Waals surface area contributed by atoms with E-state index < -0.39 is 22.1 Å². The van der Waals surface area contributed by atoms with Crippen molar-refractivity contribution in [2.24, 2.45) is 0 Å². The summed E-state index contributed by atoms with van der Waals surface area (Å²) < 4.78 is 53.4. The number of hydrogen-bond acceptors (Lipinski definition) is 3. The Labute approximate surface area is 155 Å². The van der Waals surface area contributed by atoms with Gasteiger partial charge in [0.2, 0.25) is 0 Å². The number of amides is 2. The highest BCUT2D eigenvalue weighted by Gasteiger charge is 2.37. The minimum Gasteiger partial charge on any atom is -0.336 e. The van der Waals surface area contributed by atoms with Crippen LogP contribution in [-0.4, -0.2) is 34.6 Å². The van der Waals surface area contributed by atoms with Crippen molar-refractivity contribution in [2.75, 3.05) is 28.7 Å². The minimum absolute atomic E-state index is 0.0261. The number of fused-ring (bicyclic) bond motifs is 1. The number of carbonyl (C=O) groups excluding carboxylic acids is 1. The molecule has 0 saturated heterocycles. The van der Waals surface area contributed by atoms with Gasteiger partial charge < -0.3 is 10.6 Å². The van der Waals surface area contributed by atoms with Crippen LogP contribution < -0.4 is 19.2 Å². The molecule has 2 amide bonds. The SMILES string of the molecule is CN1c2ccc(F)cc2N(CCNC(=O)NCc2ccc(F)cc2)S1(=O)=O. The molecule has 2 N–H and O–H groups in total. The van der Waals surface area contributed by atoms with Crippen LogP contribution in [0.2, 0.25) is 0 Å². The Morgan fingerprint density at radius 1 is 1.00 bits per heavy atom. The average Bonchev–Trinajstić information content (AvgIpc) is 2.81. The molecule has 0 radical (unpaired) electrons. The van der Waals surface area contributed by atoms with E-state index in [-0.39, 0.29) is 31.1 Å². The zero-order chi connectivity index (χ0) is 19.6. The maximum Gasteiger partial charge on any atom is 0.326 e. The maximum atomic E-state index is 13.5. The molecule has 10 heteroatoms. The van der Waals surface area contributed by atoms with Crippen LogP contribution in [0.25, 0.3) is 0 Å². The quantitative estimate of drug-likeness (QED) is 0.811. The van der Waals surface area contributed by atoms with Gasteiger partial charge in [-0.1, -0.05) is 12.1 Å². The summed E-state index contributed by atoms with van der Waals surface area (Å²) in [6.45, 7) is 0.177. The minimum atomic E-state index is -3.81. The van der Waals surface area contributed by atoms with Gasteiger partial charge in [-0.05, 0) is 29.8 Å². The number of carbonyl (C=O) groups is 1. The Balaban J connectivity index is 1.56. The number of anilines is 2. The first kappa shape index (κ1) is 18.9. The molecule has 7 nitrogen and oxygen atoms in total. The van der Waals surface area contributed by atoms with Gasteiger partial charge >= 0.3 is 16.2 Å². The van der Waals surface area contributed by atoms with Gasteiger partial charge in [-0.2, -0.15) is 8.42 Å². The molecular formula is C17H18F2N4O3S. The monoisotopic (exact) mass is 396 g/mol. The number of nitrogens with one attached hydrogen (secondary N) is 2. The lowest BCUT2D eigenvalue weighted by atomic mass is 10.2. The fourth-order valence-electron chi connectivity index (χ4n) is 2.71. The molecule has 0 unspecified atom stereocenters. The van der Waals surface area contributed by atoms with Gasteiger partial charge in [0.15, 0.2) is 0 Å². The standard InChI is InChI=1S/C17H18F2N4O3S/c1-22-15-7-6-14(19)10-16(15)23(27(22,25)26)9-8-20-17(24)21-11-12-2-4-13(18)5-3-12/h2-7,10H,8-9,11H2,1H3,(H2,20,21,24). The Bertz CT molecular complexity index is 951. The van der Waals surface area contributed by atoms with Crippen molar-refractivity contribution < 1.29 is 22.0 Å². The molecule has 2 aromatic carbocycles. The fraction of sp³-hybridized carbons (Fsp3) is 0.235. The topological polar surface area (TPSA) is 81.8 Å². The molecule has 0 fully saturated rings. The second-order valence-corrected chi connectivity index (χ2v) is 7.80. The van der Waals surface area contributed by atoms with E-state index >= 15 is 0 Å². The molecule has 3 rings (SSSR count). The van der Waals surface area contributed by atoms with E-state index in [2.05, 4.69) is 10.6 Å². The number of rotatable bonds is 5. The largest absolute Gasteiger partial charge is 0.336 e. The van der Waals surface area contributed by atoms with Gasteiger partial charge in [-0.3, -0.25) is 4.31 Å². The third kappa shape index (κ3) is 3.95. The molecule has 144 valence electrons. The molecule has 1 heterocycles. The third-order valence-corrected chi connectivity index (χ3v) is 5.96. The van der Waals surface area contributed by atoms with E-state index in [1.165, 1.54) is 31.3 Å². The van der Waals surface area contributed by atoms with Crippen molar-refractivity contribution in [1.29, 1.82) is 0 Å². The number of benzene rings is 2. The highest BCUT2D eigenvalue weighted by atomic mass is 32.2. The van der Waals surface area contributed by atoms with E-state index in [4.69, 9.17) is 0 Å². The summed E-state index contributed by atoms with van der Waals surface area (Å²) in [5.74, 6) is -0.911. The number of nitrogens with zero attached hydrogens (tertiary/aromatic N) is 2. The molecule has 0 bridgehead atoms. The maximum absolute atomic E-state index is 13.5. The predicted molar refractivity (Wildman–Crippen MR) is 97.7 cm³/mol. The second kappa shape index (κ2) is 7.39. The summed E-state index contributed by atoms with van der Waals surface area (Å²) in [6, 6.07) is 8.91. The highest BCUT2D eigenvalue weighted by molar-refractivity contribution is 7.94. The summed E-state index contributed by atoms with van der Waals surface area (Å²) in [5, 5.41) is 5.14. The third-order valence-electron chi connectivity index (χ3n) is 4.14. The number of halogens is 2. The molecule has 0 saturated carbocycles. The van der Waals surface area contributed by atoms with Crippen molar-refractivity contribution in [3.8, 4) is 0 Å². The number of hydrogen-bond donors (Lipinski definition) is 2. The Morgan fingerprint density at radius 2 is 1.67 bits per heavy atom. The van der Waals surface area contributed by atoms with Gasteiger partial charge in [-0.15, -0.1) is 0 Å².